The molecular formula is C23H25N3. The van der Waals surface area contributed by atoms with Gasteiger partial charge in [0.1, 0.15) is 0 Å². The second-order valence-corrected chi connectivity index (χ2v) is 8.48. The Morgan fingerprint density at radius 1 is 1.08 bits per heavy atom. The highest BCUT2D eigenvalue weighted by molar-refractivity contribution is 5.40. The number of hydrogen-bond donors (Lipinski definition) is 1. The topological polar surface area (TPSA) is 39.1 Å². The van der Waals surface area contributed by atoms with Gasteiger partial charge in [-0.1, -0.05) is 36.4 Å². The lowest BCUT2D eigenvalue weighted by atomic mass is 10.1. The summed E-state index contributed by atoms with van der Waals surface area (Å²) in [6.07, 6.45) is 3.98. The first-order chi connectivity index (χ1) is 12.7. The van der Waals surface area contributed by atoms with Crippen LogP contribution >= 0.6 is 0 Å². The quantitative estimate of drug-likeness (QED) is 0.867. The van der Waals surface area contributed by atoms with Crippen LogP contribution in [-0.2, 0) is 13.1 Å². The van der Waals surface area contributed by atoms with E-state index in [2.05, 4.69) is 58.8 Å². The van der Waals surface area contributed by atoms with E-state index in [1.54, 1.807) is 0 Å². The molecule has 2 aromatic carbocycles. The van der Waals surface area contributed by atoms with Crippen LogP contribution in [0.25, 0.3) is 0 Å². The Labute approximate surface area is 155 Å². The fourth-order valence-electron chi connectivity index (χ4n) is 4.53. The maximum Gasteiger partial charge on any atom is 0.0991 e. The summed E-state index contributed by atoms with van der Waals surface area (Å²) in [7, 11) is 0. The van der Waals surface area contributed by atoms with E-state index in [0.717, 1.165) is 25.2 Å². The Balaban J connectivity index is 1.14. The zero-order chi connectivity index (χ0) is 17.6. The van der Waals surface area contributed by atoms with Crippen LogP contribution < -0.4 is 5.32 Å². The first-order valence-corrected chi connectivity index (χ1v) is 9.77. The molecule has 0 amide bonds. The van der Waals surface area contributed by atoms with Crippen molar-refractivity contribution in [2.45, 2.75) is 44.3 Å². The molecule has 26 heavy (non-hydrogen) atoms. The minimum absolute atomic E-state index is 0.476. The third-order valence-electron chi connectivity index (χ3n) is 6.40. The van der Waals surface area contributed by atoms with Crippen LogP contribution in [0.1, 0.15) is 47.4 Å². The molecule has 3 aliphatic rings. The molecule has 1 aliphatic heterocycles. The Hall–Kier alpha value is -2.15. The fourth-order valence-corrected chi connectivity index (χ4v) is 4.53. The number of nitriles is 1. The lowest BCUT2D eigenvalue weighted by Crippen LogP contribution is -2.34. The highest BCUT2D eigenvalue weighted by Gasteiger charge is 2.47. The van der Waals surface area contributed by atoms with Gasteiger partial charge in [-0.25, -0.2) is 0 Å². The summed E-state index contributed by atoms with van der Waals surface area (Å²) in [5.41, 5.74) is 5.50. The van der Waals surface area contributed by atoms with E-state index >= 15 is 0 Å². The molecule has 1 N–H and O–H groups in total. The molecule has 1 heterocycles. The van der Waals surface area contributed by atoms with Gasteiger partial charge in [0.25, 0.3) is 0 Å². The molecule has 0 radical (unpaired) electrons. The van der Waals surface area contributed by atoms with Crippen LogP contribution in [0, 0.1) is 16.7 Å². The van der Waals surface area contributed by atoms with E-state index < -0.39 is 0 Å². The zero-order valence-electron chi connectivity index (χ0n) is 15.1. The molecule has 0 spiro atoms. The SMILES string of the molecule is N#Cc1ccc2c(c1)CN(CC1(CN[C@H]3CC3c3ccccc3)CC1)C2. The average molecular weight is 343 g/mol. The minimum Gasteiger partial charge on any atom is -0.313 e. The first kappa shape index (κ1) is 16.1. The molecule has 2 aromatic rings. The van der Waals surface area contributed by atoms with Crippen molar-refractivity contribution in [1.82, 2.24) is 10.2 Å². The predicted octanol–water partition coefficient (Wildman–Crippen LogP) is 3.80. The van der Waals surface area contributed by atoms with Gasteiger partial charge in [0.2, 0.25) is 0 Å². The van der Waals surface area contributed by atoms with Gasteiger partial charge in [0.05, 0.1) is 11.6 Å². The van der Waals surface area contributed by atoms with Crippen LogP contribution in [-0.4, -0.2) is 24.0 Å². The second-order valence-electron chi connectivity index (χ2n) is 8.48. The van der Waals surface area contributed by atoms with Crippen molar-refractivity contribution in [2.24, 2.45) is 5.41 Å². The molecule has 0 saturated heterocycles. The van der Waals surface area contributed by atoms with Crippen LogP contribution in [0.4, 0.5) is 0 Å². The third-order valence-corrected chi connectivity index (χ3v) is 6.40. The molecule has 2 fully saturated rings. The minimum atomic E-state index is 0.476. The number of nitrogens with one attached hydrogen (secondary N) is 1. The first-order valence-electron chi connectivity index (χ1n) is 9.77. The molecule has 0 bridgehead atoms. The summed E-state index contributed by atoms with van der Waals surface area (Å²) >= 11 is 0. The van der Waals surface area contributed by atoms with E-state index in [1.807, 2.05) is 6.07 Å². The molecule has 5 rings (SSSR count). The van der Waals surface area contributed by atoms with Gasteiger partial charge >= 0.3 is 0 Å². The van der Waals surface area contributed by atoms with Gasteiger partial charge in [-0.3, -0.25) is 4.90 Å². The van der Waals surface area contributed by atoms with E-state index in [0.29, 0.717) is 17.4 Å². The molecule has 3 nitrogen and oxygen atoms in total. The number of nitrogens with zero attached hydrogens (tertiary/aromatic N) is 2. The van der Waals surface area contributed by atoms with Gasteiger partial charge in [0, 0.05) is 38.1 Å². The maximum atomic E-state index is 9.09. The largest absolute Gasteiger partial charge is 0.313 e. The maximum absolute atomic E-state index is 9.09. The number of rotatable bonds is 6. The van der Waals surface area contributed by atoms with Crippen molar-refractivity contribution in [2.75, 3.05) is 13.1 Å². The Morgan fingerprint density at radius 2 is 1.88 bits per heavy atom. The summed E-state index contributed by atoms with van der Waals surface area (Å²) in [6.45, 7) is 4.37. The van der Waals surface area contributed by atoms with Gasteiger partial charge in [-0.2, -0.15) is 5.26 Å². The van der Waals surface area contributed by atoms with Crippen molar-refractivity contribution >= 4 is 0 Å². The number of fused-ring (bicyclic) bond motifs is 1. The van der Waals surface area contributed by atoms with Crippen LogP contribution in [0.2, 0.25) is 0 Å². The average Bonchev–Trinajstić information content (AvgIpc) is 3.57. The van der Waals surface area contributed by atoms with E-state index in [9.17, 15) is 0 Å². The van der Waals surface area contributed by atoms with Gasteiger partial charge in [-0.15, -0.1) is 0 Å². The molecule has 2 saturated carbocycles. The third kappa shape index (κ3) is 3.16. The second kappa shape index (κ2) is 6.23. The van der Waals surface area contributed by atoms with Crippen molar-refractivity contribution in [1.29, 1.82) is 5.26 Å². The highest BCUT2D eigenvalue weighted by Crippen LogP contribution is 2.48. The number of benzene rings is 2. The fraction of sp³-hybridized carbons (Fsp3) is 0.435. The van der Waals surface area contributed by atoms with Crippen molar-refractivity contribution < 1.29 is 0 Å². The van der Waals surface area contributed by atoms with Crippen molar-refractivity contribution in [3.05, 3.63) is 70.8 Å². The molecule has 3 heteroatoms. The normalized spacial score (nSPS) is 25.5. The van der Waals surface area contributed by atoms with Crippen LogP contribution in [0.15, 0.2) is 48.5 Å². The molecular weight excluding hydrogens is 318 g/mol. The van der Waals surface area contributed by atoms with Gasteiger partial charge < -0.3 is 5.32 Å². The molecule has 2 atom stereocenters. The van der Waals surface area contributed by atoms with Crippen LogP contribution in [0.5, 0.6) is 0 Å². The summed E-state index contributed by atoms with van der Waals surface area (Å²) in [5.74, 6) is 0.715. The summed E-state index contributed by atoms with van der Waals surface area (Å²) in [6, 6.07) is 20.0. The molecule has 132 valence electrons. The summed E-state index contributed by atoms with van der Waals surface area (Å²) in [4.78, 5) is 2.57. The zero-order valence-corrected chi connectivity index (χ0v) is 15.1. The molecule has 2 aliphatic carbocycles. The molecule has 1 unspecified atom stereocenters. The van der Waals surface area contributed by atoms with E-state index in [-0.39, 0.29) is 0 Å². The Kier molecular flexibility index (Phi) is 3.85. The molecule has 0 aromatic heterocycles. The lowest BCUT2D eigenvalue weighted by Gasteiger charge is -2.23. The summed E-state index contributed by atoms with van der Waals surface area (Å²) in [5, 5.41) is 12.9. The van der Waals surface area contributed by atoms with E-state index in [4.69, 9.17) is 5.26 Å². The highest BCUT2D eigenvalue weighted by atomic mass is 15.2. The lowest BCUT2D eigenvalue weighted by molar-refractivity contribution is 0.219. The van der Waals surface area contributed by atoms with Crippen LogP contribution in [0.3, 0.4) is 0 Å². The monoisotopic (exact) mass is 343 g/mol. The van der Waals surface area contributed by atoms with E-state index in [1.165, 1.54) is 42.5 Å². The van der Waals surface area contributed by atoms with Crippen molar-refractivity contribution in [3.63, 3.8) is 0 Å². The predicted molar refractivity (Wildman–Crippen MR) is 103 cm³/mol. The Morgan fingerprint density at radius 3 is 2.65 bits per heavy atom. The Bertz CT molecular complexity index is 848. The van der Waals surface area contributed by atoms with Gasteiger partial charge in [-0.05, 0) is 53.5 Å². The van der Waals surface area contributed by atoms with Crippen molar-refractivity contribution in [3.8, 4) is 6.07 Å². The standard InChI is InChI=1S/C23H25N3/c24-12-17-6-7-19-13-26(14-20(19)10-17)16-23(8-9-23)15-25-22-11-21(22)18-4-2-1-3-5-18/h1-7,10,21-22,25H,8-9,11,13-16H2/t21?,22-/m0/s1. The summed E-state index contributed by atoms with van der Waals surface area (Å²) < 4.78 is 0. The number of hydrogen-bond acceptors (Lipinski definition) is 3. The smallest absolute Gasteiger partial charge is 0.0991 e. The van der Waals surface area contributed by atoms with Gasteiger partial charge in [0.15, 0.2) is 0 Å².